The monoisotopic (exact) mass is 419 g/mol. The lowest BCUT2D eigenvalue weighted by Crippen LogP contribution is -2.35. The lowest BCUT2D eigenvalue weighted by molar-refractivity contribution is 0.148. The van der Waals surface area contributed by atoms with Crippen molar-refractivity contribution in [2.45, 2.75) is 25.5 Å². The van der Waals surface area contributed by atoms with Crippen LogP contribution in [0.15, 0.2) is 79.4 Å². The van der Waals surface area contributed by atoms with Gasteiger partial charge in [-0.15, -0.1) is 0 Å². The number of methoxy groups -OCH3 is 2. The van der Waals surface area contributed by atoms with Crippen LogP contribution in [0.4, 0.5) is 0 Å². The number of ether oxygens (including phenoxy) is 3. The standard InChI is InChI=1S/C27H33NO3/c1-4-5-10-16-28-17-15-23-19-26(29-2)27(30-3)20-24(23)25(28)14-9-11-18-31-21-22-12-7-6-8-13-22/h4-13,19-20,25H,1,14-18,21H2,2-3H3/b10-5+,11-9-/t25-/m0/s1. The zero-order chi connectivity index (χ0) is 21.9. The van der Waals surface area contributed by atoms with E-state index >= 15 is 0 Å². The molecule has 0 unspecified atom stereocenters. The van der Waals surface area contributed by atoms with Crippen molar-refractivity contribution in [2.24, 2.45) is 0 Å². The highest BCUT2D eigenvalue weighted by molar-refractivity contribution is 5.49. The van der Waals surface area contributed by atoms with Crippen LogP contribution in [-0.4, -0.2) is 38.8 Å². The number of fused-ring (bicyclic) bond motifs is 1. The summed E-state index contributed by atoms with van der Waals surface area (Å²) in [7, 11) is 3.38. The van der Waals surface area contributed by atoms with Crippen molar-refractivity contribution in [2.75, 3.05) is 33.9 Å². The Bertz CT molecular complexity index is 889. The van der Waals surface area contributed by atoms with Gasteiger partial charge in [-0.1, -0.05) is 67.3 Å². The zero-order valence-electron chi connectivity index (χ0n) is 18.6. The first-order chi connectivity index (χ1) is 15.3. The van der Waals surface area contributed by atoms with Crippen molar-refractivity contribution in [3.63, 3.8) is 0 Å². The van der Waals surface area contributed by atoms with Crippen molar-refractivity contribution >= 4 is 0 Å². The molecule has 0 saturated heterocycles. The van der Waals surface area contributed by atoms with E-state index in [1.54, 1.807) is 14.2 Å². The van der Waals surface area contributed by atoms with Crippen molar-refractivity contribution in [1.29, 1.82) is 0 Å². The summed E-state index contributed by atoms with van der Waals surface area (Å²) in [4.78, 5) is 2.50. The molecule has 164 valence electrons. The van der Waals surface area contributed by atoms with Gasteiger partial charge >= 0.3 is 0 Å². The quantitative estimate of drug-likeness (QED) is 0.273. The number of hydrogen-bond donors (Lipinski definition) is 0. The Labute approximate surface area is 186 Å². The molecule has 1 heterocycles. The topological polar surface area (TPSA) is 30.9 Å². The summed E-state index contributed by atoms with van der Waals surface area (Å²) in [5.74, 6) is 1.58. The number of hydrogen-bond acceptors (Lipinski definition) is 4. The first-order valence-electron chi connectivity index (χ1n) is 10.8. The molecule has 3 rings (SSSR count). The highest BCUT2D eigenvalue weighted by Gasteiger charge is 2.27. The molecule has 0 amide bonds. The maximum Gasteiger partial charge on any atom is 0.161 e. The fourth-order valence-corrected chi connectivity index (χ4v) is 3.98. The summed E-state index contributed by atoms with van der Waals surface area (Å²) in [6, 6.07) is 14.8. The zero-order valence-corrected chi connectivity index (χ0v) is 18.6. The van der Waals surface area contributed by atoms with Gasteiger partial charge in [0, 0.05) is 19.1 Å². The Hall–Kier alpha value is -2.82. The average molecular weight is 420 g/mol. The SMILES string of the molecule is C=C/C=C/CN1CCc2cc(OC)c(OC)cc2[C@@H]1C/C=C\COCc1ccccc1. The number of rotatable bonds is 11. The van der Waals surface area contributed by atoms with Crippen LogP contribution in [0.2, 0.25) is 0 Å². The van der Waals surface area contributed by atoms with Crippen molar-refractivity contribution in [3.8, 4) is 11.5 Å². The predicted molar refractivity (Wildman–Crippen MR) is 127 cm³/mol. The Balaban J connectivity index is 1.69. The molecule has 0 bridgehead atoms. The number of allylic oxidation sites excluding steroid dienone is 2. The summed E-state index contributed by atoms with van der Waals surface area (Å²) in [5.41, 5.74) is 3.84. The molecular formula is C27H33NO3. The van der Waals surface area contributed by atoms with Gasteiger partial charge in [0.1, 0.15) is 0 Å². The van der Waals surface area contributed by atoms with Crippen LogP contribution in [-0.2, 0) is 17.8 Å². The van der Waals surface area contributed by atoms with Crippen LogP contribution in [0.3, 0.4) is 0 Å². The maximum absolute atomic E-state index is 5.79. The lowest BCUT2D eigenvalue weighted by atomic mass is 9.90. The van der Waals surface area contributed by atoms with Crippen LogP contribution in [0.25, 0.3) is 0 Å². The Morgan fingerprint density at radius 1 is 1.03 bits per heavy atom. The third-order valence-electron chi connectivity index (χ3n) is 5.58. The molecule has 0 spiro atoms. The highest BCUT2D eigenvalue weighted by atomic mass is 16.5. The van der Waals surface area contributed by atoms with Crippen LogP contribution in [0.5, 0.6) is 11.5 Å². The van der Waals surface area contributed by atoms with E-state index in [1.165, 1.54) is 16.7 Å². The van der Waals surface area contributed by atoms with Crippen LogP contribution >= 0.6 is 0 Å². The van der Waals surface area contributed by atoms with Gasteiger partial charge in [0.25, 0.3) is 0 Å². The molecule has 0 aliphatic carbocycles. The van der Waals surface area contributed by atoms with Gasteiger partial charge in [0.2, 0.25) is 0 Å². The summed E-state index contributed by atoms with van der Waals surface area (Å²) in [6.07, 6.45) is 12.3. The van der Waals surface area contributed by atoms with Gasteiger partial charge < -0.3 is 14.2 Å². The molecule has 1 atom stereocenters. The smallest absolute Gasteiger partial charge is 0.161 e. The Morgan fingerprint density at radius 3 is 2.55 bits per heavy atom. The first kappa shape index (κ1) is 22.9. The maximum atomic E-state index is 5.79. The van der Waals surface area contributed by atoms with E-state index in [0.717, 1.165) is 37.4 Å². The molecule has 0 aromatic heterocycles. The lowest BCUT2D eigenvalue weighted by Gasteiger charge is -2.37. The molecule has 0 fully saturated rings. The van der Waals surface area contributed by atoms with Gasteiger partial charge in [-0.3, -0.25) is 4.90 Å². The van der Waals surface area contributed by atoms with Gasteiger partial charge in [-0.2, -0.15) is 0 Å². The molecular weight excluding hydrogens is 386 g/mol. The fraction of sp³-hybridized carbons (Fsp3) is 0.333. The predicted octanol–water partition coefficient (Wildman–Crippen LogP) is 5.51. The molecule has 4 nitrogen and oxygen atoms in total. The van der Waals surface area contributed by atoms with Crippen LogP contribution < -0.4 is 9.47 Å². The Kier molecular flexibility index (Phi) is 8.95. The van der Waals surface area contributed by atoms with E-state index in [-0.39, 0.29) is 6.04 Å². The van der Waals surface area contributed by atoms with E-state index in [9.17, 15) is 0 Å². The summed E-state index contributed by atoms with van der Waals surface area (Å²) in [5, 5.41) is 0. The summed E-state index contributed by atoms with van der Waals surface area (Å²) in [6.45, 7) is 6.92. The van der Waals surface area contributed by atoms with Gasteiger partial charge in [-0.05, 0) is 41.7 Å². The molecule has 0 saturated carbocycles. The summed E-state index contributed by atoms with van der Waals surface area (Å²) < 4.78 is 16.9. The number of nitrogens with zero attached hydrogens (tertiary/aromatic N) is 1. The fourth-order valence-electron chi connectivity index (χ4n) is 3.98. The van der Waals surface area contributed by atoms with Gasteiger partial charge in [-0.25, -0.2) is 0 Å². The van der Waals surface area contributed by atoms with E-state index in [4.69, 9.17) is 14.2 Å². The van der Waals surface area contributed by atoms with Crippen molar-refractivity contribution < 1.29 is 14.2 Å². The Morgan fingerprint density at radius 2 is 1.81 bits per heavy atom. The highest BCUT2D eigenvalue weighted by Crippen LogP contribution is 2.39. The second kappa shape index (κ2) is 12.1. The van der Waals surface area contributed by atoms with E-state index < -0.39 is 0 Å². The van der Waals surface area contributed by atoms with E-state index in [0.29, 0.717) is 13.2 Å². The van der Waals surface area contributed by atoms with Gasteiger partial charge in [0.15, 0.2) is 11.5 Å². The molecule has 2 aromatic carbocycles. The van der Waals surface area contributed by atoms with Crippen LogP contribution in [0, 0.1) is 0 Å². The third kappa shape index (κ3) is 6.33. The number of benzene rings is 2. The molecule has 0 N–H and O–H groups in total. The average Bonchev–Trinajstić information content (AvgIpc) is 2.81. The van der Waals surface area contributed by atoms with Crippen LogP contribution in [0.1, 0.15) is 29.2 Å². The minimum Gasteiger partial charge on any atom is -0.493 e. The molecule has 4 heteroatoms. The molecule has 31 heavy (non-hydrogen) atoms. The second-order valence-electron chi connectivity index (χ2n) is 7.54. The molecule has 2 aromatic rings. The molecule has 1 aliphatic rings. The third-order valence-corrected chi connectivity index (χ3v) is 5.58. The second-order valence-corrected chi connectivity index (χ2v) is 7.54. The summed E-state index contributed by atoms with van der Waals surface area (Å²) >= 11 is 0. The van der Waals surface area contributed by atoms with Crippen molar-refractivity contribution in [1.82, 2.24) is 4.90 Å². The first-order valence-corrected chi connectivity index (χ1v) is 10.8. The van der Waals surface area contributed by atoms with Gasteiger partial charge in [0.05, 0.1) is 27.4 Å². The molecule has 1 aliphatic heterocycles. The largest absolute Gasteiger partial charge is 0.493 e. The molecule has 0 radical (unpaired) electrons. The normalized spacial score (nSPS) is 16.5. The minimum absolute atomic E-state index is 0.281. The van der Waals surface area contributed by atoms with E-state index in [2.05, 4.69) is 54.0 Å². The van der Waals surface area contributed by atoms with E-state index in [1.807, 2.05) is 30.4 Å². The van der Waals surface area contributed by atoms with Crippen molar-refractivity contribution in [3.05, 3.63) is 96.1 Å². The minimum atomic E-state index is 0.281.